The first-order chi connectivity index (χ1) is 12.9. The molecule has 1 aromatic carbocycles. The van der Waals surface area contributed by atoms with Crippen LogP contribution in [0.4, 0.5) is 0 Å². The van der Waals surface area contributed by atoms with E-state index >= 15 is 0 Å². The van der Waals surface area contributed by atoms with Gasteiger partial charge in [-0.3, -0.25) is 4.79 Å². The fourth-order valence-corrected chi connectivity index (χ4v) is 2.64. The second kappa shape index (κ2) is 9.80. The van der Waals surface area contributed by atoms with Gasteiger partial charge < -0.3 is 19.8 Å². The molecule has 0 saturated carbocycles. The van der Waals surface area contributed by atoms with Crippen LogP contribution in [0.2, 0.25) is 0 Å². The number of aromatic nitrogens is 1. The second-order valence-corrected chi connectivity index (χ2v) is 6.91. The van der Waals surface area contributed by atoms with Crippen molar-refractivity contribution in [1.82, 2.24) is 0 Å². The highest BCUT2D eigenvalue weighted by Gasteiger charge is 2.16. The molecule has 1 heterocycles. The van der Waals surface area contributed by atoms with Gasteiger partial charge in [-0.2, -0.15) is 4.73 Å². The summed E-state index contributed by atoms with van der Waals surface area (Å²) in [6.07, 6.45) is 4.72. The van der Waals surface area contributed by atoms with E-state index in [2.05, 4.69) is 0 Å². The average Bonchev–Trinajstić information content (AvgIpc) is 2.60. The van der Waals surface area contributed by atoms with Gasteiger partial charge >= 0.3 is 0 Å². The summed E-state index contributed by atoms with van der Waals surface area (Å²) in [4.78, 5) is 12.2. The van der Waals surface area contributed by atoms with E-state index in [0.29, 0.717) is 47.0 Å². The summed E-state index contributed by atoms with van der Waals surface area (Å²) in [7, 11) is 0. The zero-order valence-corrected chi connectivity index (χ0v) is 16.1. The van der Waals surface area contributed by atoms with Crippen LogP contribution >= 0.6 is 0 Å². The molecule has 0 unspecified atom stereocenters. The smallest absolute Gasteiger partial charge is 0.222 e. The molecule has 0 atom stereocenters. The molecular weight excluding hydrogens is 346 g/mol. The van der Waals surface area contributed by atoms with Crippen molar-refractivity contribution in [2.45, 2.75) is 40.0 Å². The Labute approximate surface area is 159 Å². The first-order valence-corrected chi connectivity index (χ1v) is 9.18. The van der Waals surface area contributed by atoms with Gasteiger partial charge in [-0.05, 0) is 43.9 Å². The number of aromatic hydroxyl groups is 1. The monoisotopic (exact) mass is 373 g/mol. The summed E-state index contributed by atoms with van der Waals surface area (Å²) in [6, 6.07) is 6.73. The van der Waals surface area contributed by atoms with Gasteiger partial charge in [0.25, 0.3) is 0 Å². The Bertz CT molecular complexity index is 773. The highest BCUT2D eigenvalue weighted by atomic mass is 16.5. The Hall–Kier alpha value is -2.76. The third-order valence-corrected chi connectivity index (χ3v) is 4.09. The van der Waals surface area contributed by atoms with Gasteiger partial charge in [-0.1, -0.05) is 13.8 Å². The zero-order valence-electron chi connectivity index (χ0n) is 16.1. The van der Waals surface area contributed by atoms with Gasteiger partial charge in [-0.15, -0.1) is 0 Å². The van der Waals surface area contributed by atoms with Gasteiger partial charge in [-0.25, -0.2) is 0 Å². The summed E-state index contributed by atoms with van der Waals surface area (Å²) < 4.78 is 11.9. The van der Waals surface area contributed by atoms with E-state index in [9.17, 15) is 15.1 Å². The molecule has 27 heavy (non-hydrogen) atoms. The van der Waals surface area contributed by atoms with E-state index in [1.165, 1.54) is 12.4 Å². The molecule has 0 aliphatic heterocycles. The predicted molar refractivity (Wildman–Crippen MR) is 102 cm³/mol. The van der Waals surface area contributed by atoms with E-state index in [1.807, 2.05) is 13.8 Å². The maximum Gasteiger partial charge on any atom is 0.222 e. The van der Waals surface area contributed by atoms with Crippen LogP contribution in [0.5, 0.6) is 17.2 Å². The number of hydrogen-bond donors (Lipinski definition) is 1. The minimum absolute atomic E-state index is 0.00326. The average molecular weight is 373 g/mol. The molecule has 0 aliphatic rings. The van der Waals surface area contributed by atoms with Crippen molar-refractivity contribution in [3.8, 4) is 17.2 Å². The first kappa shape index (κ1) is 20.6. The van der Waals surface area contributed by atoms with E-state index in [4.69, 9.17) is 9.47 Å². The van der Waals surface area contributed by atoms with E-state index < -0.39 is 0 Å². The van der Waals surface area contributed by atoms with Crippen molar-refractivity contribution >= 4 is 5.78 Å². The van der Waals surface area contributed by atoms with Crippen LogP contribution in [0.25, 0.3) is 0 Å². The Morgan fingerprint density at radius 3 is 2.56 bits per heavy atom. The fourth-order valence-electron chi connectivity index (χ4n) is 2.64. The minimum atomic E-state index is -0.0605. The number of Topliss-reactive ketones (excluding diaryl/α,β-unsaturated/α-hetero) is 1. The summed E-state index contributed by atoms with van der Waals surface area (Å²) >= 11 is 0. The van der Waals surface area contributed by atoms with Crippen LogP contribution in [0.15, 0.2) is 36.7 Å². The lowest BCUT2D eigenvalue weighted by molar-refractivity contribution is -0.605. The number of rotatable bonds is 10. The number of unbranched alkanes of at least 4 members (excludes halogenated alkanes) is 1. The number of carbonyl (C=O) groups is 1. The molecule has 146 valence electrons. The Kier molecular flexibility index (Phi) is 7.46. The number of phenols is 1. The fraction of sp³-hybridized carbons (Fsp3) is 0.429. The molecule has 0 bridgehead atoms. The van der Waals surface area contributed by atoms with E-state index in [0.717, 1.165) is 12.8 Å². The molecule has 2 aromatic rings. The number of carbonyl (C=O) groups excluding carboxylic acids is 1. The number of hydrogen-bond acceptors (Lipinski definition) is 5. The third kappa shape index (κ3) is 6.16. The van der Waals surface area contributed by atoms with Gasteiger partial charge in [0.15, 0.2) is 17.7 Å². The Morgan fingerprint density at radius 1 is 1.19 bits per heavy atom. The second-order valence-electron chi connectivity index (χ2n) is 6.91. The molecule has 0 amide bonds. The lowest BCUT2D eigenvalue weighted by Gasteiger charge is -2.13. The summed E-state index contributed by atoms with van der Waals surface area (Å²) in [5, 5.41) is 21.4. The van der Waals surface area contributed by atoms with Gasteiger partial charge in [0.05, 0.1) is 18.8 Å². The normalized spacial score (nSPS) is 10.8. The predicted octanol–water partition coefficient (Wildman–Crippen LogP) is 3.80. The molecule has 1 aromatic heterocycles. The summed E-state index contributed by atoms with van der Waals surface area (Å²) in [6.45, 7) is 6.64. The summed E-state index contributed by atoms with van der Waals surface area (Å²) in [5.74, 6) is 1.29. The van der Waals surface area contributed by atoms with Gasteiger partial charge in [0.2, 0.25) is 6.20 Å². The van der Waals surface area contributed by atoms with Crippen molar-refractivity contribution in [2.75, 3.05) is 13.2 Å². The molecule has 0 aliphatic carbocycles. The number of nitrogens with zero attached hydrogens (tertiary/aromatic N) is 1. The van der Waals surface area contributed by atoms with Crippen molar-refractivity contribution in [3.63, 3.8) is 0 Å². The molecular formula is C21H27NO5. The van der Waals surface area contributed by atoms with Gasteiger partial charge in [0, 0.05) is 18.1 Å². The number of phenolic OH excluding ortho intramolecular Hbond substituents is 1. The molecule has 0 spiro atoms. The number of ether oxygens (including phenoxy) is 2. The third-order valence-electron chi connectivity index (χ3n) is 4.09. The highest BCUT2D eigenvalue weighted by Crippen LogP contribution is 2.31. The SMILES string of the molecule is Cc1c(OCCCCOc2ccc[n+]([O-])c2)ccc(C(=O)CC(C)C)c1O. The molecule has 0 radical (unpaired) electrons. The Balaban J connectivity index is 1.79. The highest BCUT2D eigenvalue weighted by molar-refractivity contribution is 5.99. The van der Waals surface area contributed by atoms with Crippen molar-refractivity contribution in [2.24, 2.45) is 5.92 Å². The van der Waals surface area contributed by atoms with Crippen LogP contribution in [0.3, 0.4) is 0 Å². The molecule has 0 saturated heterocycles. The molecule has 0 fully saturated rings. The van der Waals surface area contributed by atoms with E-state index in [-0.39, 0.29) is 17.5 Å². The lowest BCUT2D eigenvalue weighted by atomic mass is 9.98. The van der Waals surface area contributed by atoms with Crippen LogP contribution in [0, 0.1) is 18.0 Å². The van der Waals surface area contributed by atoms with E-state index in [1.54, 1.807) is 31.2 Å². The maximum absolute atomic E-state index is 12.2. The Morgan fingerprint density at radius 2 is 1.89 bits per heavy atom. The largest absolute Gasteiger partial charge is 0.619 e. The molecule has 6 nitrogen and oxygen atoms in total. The summed E-state index contributed by atoms with van der Waals surface area (Å²) in [5.41, 5.74) is 0.922. The van der Waals surface area contributed by atoms with Crippen molar-refractivity contribution in [3.05, 3.63) is 53.0 Å². The standard InChI is InChI=1S/C21H27NO5/c1-15(2)13-19(23)18-8-9-20(16(3)21(18)24)27-12-5-4-11-26-17-7-6-10-22(25)14-17/h6-10,14-15,24H,4-5,11-13H2,1-3H3. The minimum Gasteiger partial charge on any atom is -0.619 e. The number of pyridine rings is 1. The van der Waals surface area contributed by atoms with Crippen molar-refractivity contribution in [1.29, 1.82) is 0 Å². The molecule has 2 rings (SSSR count). The van der Waals surface area contributed by atoms with Crippen LogP contribution < -0.4 is 14.2 Å². The zero-order chi connectivity index (χ0) is 19.8. The van der Waals surface area contributed by atoms with Crippen LogP contribution in [-0.2, 0) is 0 Å². The maximum atomic E-state index is 12.2. The first-order valence-electron chi connectivity index (χ1n) is 9.18. The van der Waals surface area contributed by atoms with Crippen molar-refractivity contribution < 1.29 is 24.1 Å². The molecule has 6 heteroatoms. The number of benzene rings is 1. The van der Waals surface area contributed by atoms with Crippen LogP contribution in [-0.4, -0.2) is 24.1 Å². The molecule has 1 N–H and O–H groups in total. The van der Waals surface area contributed by atoms with Crippen LogP contribution in [0.1, 0.15) is 49.0 Å². The quantitative estimate of drug-likeness (QED) is 0.296. The number of ketones is 1. The lowest BCUT2D eigenvalue weighted by Crippen LogP contribution is -2.24. The topological polar surface area (TPSA) is 82.7 Å². The van der Waals surface area contributed by atoms with Gasteiger partial charge in [0.1, 0.15) is 11.5 Å².